The molecule has 2 rings (SSSR count). The predicted molar refractivity (Wildman–Crippen MR) is 68.3 cm³/mol. The van der Waals surface area contributed by atoms with Gasteiger partial charge in [0.2, 0.25) is 9.84 Å². The summed E-state index contributed by atoms with van der Waals surface area (Å²) in [6, 6.07) is 5.66. The number of hydrogen-bond donors (Lipinski definition) is 0. The van der Waals surface area contributed by atoms with Gasteiger partial charge in [0.25, 0.3) is 0 Å². The molecule has 0 saturated carbocycles. The van der Waals surface area contributed by atoms with Gasteiger partial charge >= 0.3 is 12.4 Å². The fourth-order valence-electron chi connectivity index (χ4n) is 1.82. The highest BCUT2D eigenvalue weighted by molar-refractivity contribution is 7.91. The molecule has 0 heterocycles. The normalized spacial score (nSPS) is 13.1. The Bertz CT molecular complexity index is 758. The lowest BCUT2D eigenvalue weighted by molar-refractivity contribution is -0.138. The van der Waals surface area contributed by atoms with Gasteiger partial charge in [0.1, 0.15) is 0 Å². The molecule has 0 N–H and O–H groups in total. The first-order valence-electron chi connectivity index (χ1n) is 6.02. The minimum absolute atomic E-state index is 0.385. The summed E-state index contributed by atoms with van der Waals surface area (Å²) in [7, 11) is -4.50. The molecule has 0 unspecified atom stereocenters. The molecule has 124 valence electrons. The number of halogens is 6. The van der Waals surface area contributed by atoms with Crippen molar-refractivity contribution in [2.24, 2.45) is 0 Å². The summed E-state index contributed by atoms with van der Waals surface area (Å²) in [5, 5.41) is 0. The molecule has 0 spiro atoms. The standard InChI is InChI=1S/C14H8F6O2S/c15-13(16,17)9-3-1-5-11(7-9)23(21,22)12-6-2-4-10(8-12)14(18,19)20/h1-8H. The van der Waals surface area contributed by atoms with Gasteiger partial charge in [-0.15, -0.1) is 0 Å². The molecule has 23 heavy (non-hydrogen) atoms. The first kappa shape index (κ1) is 17.3. The Morgan fingerprint density at radius 3 is 1.30 bits per heavy atom. The van der Waals surface area contributed by atoms with Crippen LogP contribution >= 0.6 is 0 Å². The minimum Gasteiger partial charge on any atom is -0.219 e. The monoisotopic (exact) mass is 354 g/mol. The third-order valence-corrected chi connectivity index (χ3v) is 4.69. The summed E-state index contributed by atoms with van der Waals surface area (Å²) >= 11 is 0. The van der Waals surface area contributed by atoms with Crippen molar-refractivity contribution >= 4 is 9.84 Å². The molecule has 0 atom stereocenters. The van der Waals surface area contributed by atoms with Crippen molar-refractivity contribution in [3.63, 3.8) is 0 Å². The van der Waals surface area contributed by atoms with Crippen LogP contribution in [-0.4, -0.2) is 8.42 Å². The summed E-state index contributed by atoms with van der Waals surface area (Å²) < 4.78 is 100. The summed E-state index contributed by atoms with van der Waals surface area (Å²) in [6.07, 6.45) is -9.53. The maximum atomic E-state index is 12.6. The molecule has 0 amide bonds. The van der Waals surface area contributed by atoms with Gasteiger partial charge in [0.05, 0.1) is 20.9 Å². The molecule has 0 bridgehead atoms. The van der Waals surface area contributed by atoms with Gasteiger partial charge in [0.15, 0.2) is 0 Å². The second-order valence-electron chi connectivity index (χ2n) is 4.55. The van der Waals surface area contributed by atoms with Crippen LogP contribution in [0, 0.1) is 0 Å². The molecule has 0 aliphatic heterocycles. The van der Waals surface area contributed by atoms with E-state index < -0.39 is 43.1 Å². The number of hydrogen-bond acceptors (Lipinski definition) is 2. The predicted octanol–water partition coefficient (Wildman–Crippen LogP) is 4.56. The summed E-state index contributed by atoms with van der Waals surface area (Å²) in [4.78, 5) is -1.46. The highest BCUT2D eigenvalue weighted by atomic mass is 32.2. The fraction of sp³-hybridized carbons (Fsp3) is 0.143. The molecule has 0 saturated heterocycles. The highest BCUT2D eigenvalue weighted by Gasteiger charge is 2.34. The van der Waals surface area contributed by atoms with E-state index >= 15 is 0 Å². The Labute approximate surface area is 127 Å². The van der Waals surface area contributed by atoms with Crippen LogP contribution in [0.25, 0.3) is 0 Å². The molecule has 2 aromatic carbocycles. The maximum Gasteiger partial charge on any atom is 0.416 e. The van der Waals surface area contributed by atoms with Crippen molar-refractivity contribution in [3.05, 3.63) is 59.7 Å². The smallest absolute Gasteiger partial charge is 0.219 e. The largest absolute Gasteiger partial charge is 0.416 e. The van der Waals surface area contributed by atoms with E-state index in [1.165, 1.54) is 0 Å². The molecule has 0 aliphatic carbocycles. The van der Waals surface area contributed by atoms with E-state index in [1.54, 1.807) is 0 Å². The number of alkyl halides is 6. The molecular formula is C14H8F6O2S. The SMILES string of the molecule is O=S(=O)(c1cccc(C(F)(F)F)c1)c1cccc(C(F)(F)F)c1. The van der Waals surface area contributed by atoms with Crippen LogP contribution in [0.1, 0.15) is 11.1 Å². The van der Waals surface area contributed by atoms with Crippen LogP contribution < -0.4 is 0 Å². The lowest BCUT2D eigenvalue weighted by Gasteiger charge is -2.11. The van der Waals surface area contributed by atoms with Crippen LogP contribution in [0.4, 0.5) is 26.3 Å². The Morgan fingerprint density at radius 1 is 0.652 bits per heavy atom. The minimum atomic E-state index is -4.76. The first-order chi connectivity index (χ1) is 10.4. The number of benzene rings is 2. The topological polar surface area (TPSA) is 34.1 Å². The van der Waals surface area contributed by atoms with E-state index in [9.17, 15) is 34.8 Å². The number of sulfone groups is 1. The van der Waals surface area contributed by atoms with E-state index in [2.05, 4.69) is 0 Å². The van der Waals surface area contributed by atoms with E-state index in [0.717, 1.165) is 24.3 Å². The van der Waals surface area contributed by atoms with Gasteiger partial charge in [-0.05, 0) is 36.4 Å². The van der Waals surface area contributed by atoms with Crippen molar-refractivity contribution in [1.82, 2.24) is 0 Å². The van der Waals surface area contributed by atoms with Gasteiger partial charge in [-0.2, -0.15) is 26.3 Å². The van der Waals surface area contributed by atoms with Crippen LogP contribution in [0.15, 0.2) is 58.3 Å². The maximum absolute atomic E-state index is 12.6. The van der Waals surface area contributed by atoms with E-state index in [0.29, 0.717) is 24.3 Å². The van der Waals surface area contributed by atoms with Crippen molar-refractivity contribution in [3.8, 4) is 0 Å². The molecule has 9 heteroatoms. The summed E-state index contributed by atoms with van der Waals surface area (Å²) in [5.41, 5.74) is -2.41. The lowest BCUT2D eigenvalue weighted by Crippen LogP contribution is -2.10. The average molecular weight is 354 g/mol. The van der Waals surface area contributed by atoms with E-state index in [1.807, 2.05) is 0 Å². The van der Waals surface area contributed by atoms with Crippen molar-refractivity contribution < 1.29 is 34.8 Å². The highest BCUT2D eigenvalue weighted by Crippen LogP contribution is 2.34. The van der Waals surface area contributed by atoms with Gasteiger partial charge < -0.3 is 0 Å². The zero-order valence-electron chi connectivity index (χ0n) is 11.1. The Morgan fingerprint density at radius 2 is 1.00 bits per heavy atom. The van der Waals surface area contributed by atoms with E-state index in [4.69, 9.17) is 0 Å². The quantitative estimate of drug-likeness (QED) is 0.741. The molecule has 0 fully saturated rings. The molecule has 2 aromatic rings. The zero-order valence-corrected chi connectivity index (χ0v) is 11.9. The summed E-state index contributed by atoms with van der Waals surface area (Å²) in [5.74, 6) is 0. The molecule has 0 aliphatic rings. The second-order valence-corrected chi connectivity index (χ2v) is 6.50. The van der Waals surface area contributed by atoms with Crippen LogP contribution in [0.2, 0.25) is 0 Å². The number of rotatable bonds is 2. The molecular weight excluding hydrogens is 346 g/mol. The Kier molecular flexibility index (Phi) is 4.18. The molecule has 2 nitrogen and oxygen atoms in total. The van der Waals surface area contributed by atoms with Crippen molar-refractivity contribution in [2.45, 2.75) is 22.1 Å². The fourth-order valence-corrected chi connectivity index (χ4v) is 3.17. The lowest BCUT2D eigenvalue weighted by atomic mass is 10.2. The first-order valence-corrected chi connectivity index (χ1v) is 7.50. The van der Waals surface area contributed by atoms with Gasteiger partial charge in [-0.3, -0.25) is 0 Å². The van der Waals surface area contributed by atoms with Crippen molar-refractivity contribution in [1.29, 1.82) is 0 Å². The zero-order chi connectivity index (χ0) is 17.5. The van der Waals surface area contributed by atoms with E-state index in [-0.39, 0.29) is 0 Å². The molecule has 0 aromatic heterocycles. The van der Waals surface area contributed by atoms with Crippen LogP contribution in [0.3, 0.4) is 0 Å². The van der Waals surface area contributed by atoms with Crippen LogP contribution in [-0.2, 0) is 22.2 Å². The van der Waals surface area contributed by atoms with Crippen LogP contribution in [0.5, 0.6) is 0 Å². The molecule has 0 radical (unpaired) electrons. The third-order valence-electron chi connectivity index (χ3n) is 2.94. The van der Waals surface area contributed by atoms with Gasteiger partial charge in [-0.1, -0.05) is 12.1 Å². The summed E-state index contributed by atoms with van der Waals surface area (Å²) in [6.45, 7) is 0. The average Bonchev–Trinajstić information content (AvgIpc) is 2.46. The second kappa shape index (κ2) is 5.55. The van der Waals surface area contributed by atoms with Gasteiger partial charge in [-0.25, -0.2) is 8.42 Å². The Balaban J connectivity index is 2.56. The van der Waals surface area contributed by atoms with Gasteiger partial charge in [0, 0.05) is 0 Å². The van der Waals surface area contributed by atoms with Crippen molar-refractivity contribution in [2.75, 3.05) is 0 Å². The third kappa shape index (κ3) is 3.66. The Hall–Kier alpha value is -2.03.